The molecule has 180 valence electrons. The minimum atomic E-state index is -0.351. The number of halogens is 1. The van der Waals surface area contributed by atoms with Crippen LogP contribution in [-0.2, 0) is 4.79 Å². The van der Waals surface area contributed by atoms with E-state index in [1.54, 1.807) is 12.1 Å². The topological polar surface area (TPSA) is 69.0 Å². The number of ether oxygens (including phenoxy) is 1. The van der Waals surface area contributed by atoms with Crippen LogP contribution in [0, 0.1) is 5.82 Å². The molecule has 4 aromatic rings. The third kappa shape index (κ3) is 6.70. The number of rotatable bonds is 11. The molecule has 35 heavy (non-hydrogen) atoms. The van der Waals surface area contributed by atoms with E-state index in [1.165, 1.54) is 23.9 Å². The maximum Gasteiger partial charge on any atom is 0.234 e. The molecule has 1 N–H and O–H groups in total. The first-order valence-electron chi connectivity index (χ1n) is 11.6. The zero-order chi connectivity index (χ0) is 24.5. The van der Waals surface area contributed by atoms with E-state index in [4.69, 9.17) is 4.74 Å². The fourth-order valence-electron chi connectivity index (χ4n) is 3.49. The number of anilines is 1. The third-order valence-electron chi connectivity index (χ3n) is 5.22. The fraction of sp³-hybridized carbons (Fsp3) is 0.222. The number of para-hydroxylation sites is 1. The molecule has 8 heteroatoms. The van der Waals surface area contributed by atoms with Gasteiger partial charge in [0.15, 0.2) is 11.0 Å². The Hall–Kier alpha value is -3.65. The van der Waals surface area contributed by atoms with Crippen LogP contribution in [0.4, 0.5) is 10.1 Å². The predicted molar refractivity (Wildman–Crippen MR) is 138 cm³/mol. The van der Waals surface area contributed by atoms with Gasteiger partial charge in [0.2, 0.25) is 5.91 Å². The van der Waals surface area contributed by atoms with Crippen molar-refractivity contribution in [3.63, 3.8) is 0 Å². The van der Waals surface area contributed by atoms with Gasteiger partial charge in [0, 0.05) is 16.9 Å². The summed E-state index contributed by atoms with van der Waals surface area (Å²) in [5, 5.41) is 12.0. The second kappa shape index (κ2) is 12.2. The van der Waals surface area contributed by atoms with Gasteiger partial charge in [0.1, 0.15) is 11.6 Å². The van der Waals surface area contributed by atoms with Crippen molar-refractivity contribution in [2.45, 2.75) is 31.3 Å². The number of hydrogen-bond acceptors (Lipinski definition) is 5. The van der Waals surface area contributed by atoms with Crippen molar-refractivity contribution >= 4 is 23.4 Å². The Labute approximate surface area is 208 Å². The van der Waals surface area contributed by atoms with E-state index < -0.39 is 0 Å². The lowest BCUT2D eigenvalue weighted by atomic mass is 10.2. The minimum absolute atomic E-state index is 0.142. The lowest BCUT2D eigenvalue weighted by Gasteiger charge is -2.11. The van der Waals surface area contributed by atoms with Crippen LogP contribution in [0.15, 0.2) is 84.0 Å². The average molecular weight is 491 g/mol. The number of carbonyl (C=O) groups excluding carboxylic acids is 1. The van der Waals surface area contributed by atoms with Crippen molar-refractivity contribution < 1.29 is 13.9 Å². The number of thioether (sulfide) groups is 1. The molecule has 0 spiro atoms. The fourth-order valence-corrected chi connectivity index (χ4v) is 4.24. The molecule has 0 aliphatic rings. The molecule has 6 nitrogen and oxygen atoms in total. The standard InChI is InChI=1S/C27H27FN4O2S/c1-2-3-7-17-34-24-15-13-22(14-16-24)29-25(33)19-35-27-31-30-26(20-9-8-10-21(28)18-20)32(27)23-11-5-4-6-12-23/h4-6,8-16,18H,2-3,7,17,19H2,1H3,(H,29,33). The molecule has 1 aromatic heterocycles. The molecule has 4 rings (SSSR count). The molecule has 0 saturated heterocycles. The van der Waals surface area contributed by atoms with Gasteiger partial charge >= 0.3 is 0 Å². The third-order valence-corrected chi connectivity index (χ3v) is 6.15. The van der Waals surface area contributed by atoms with E-state index in [0.29, 0.717) is 28.8 Å². The first-order chi connectivity index (χ1) is 17.1. The molecule has 0 radical (unpaired) electrons. The van der Waals surface area contributed by atoms with Gasteiger partial charge in [0.25, 0.3) is 0 Å². The Balaban J connectivity index is 1.43. The van der Waals surface area contributed by atoms with Gasteiger partial charge in [-0.3, -0.25) is 9.36 Å². The highest BCUT2D eigenvalue weighted by Gasteiger charge is 2.17. The lowest BCUT2D eigenvalue weighted by molar-refractivity contribution is -0.113. The summed E-state index contributed by atoms with van der Waals surface area (Å²) >= 11 is 1.27. The van der Waals surface area contributed by atoms with Crippen molar-refractivity contribution in [2.24, 2.45) is 0 Å². The first-order valence-corrected chi connectivity index (χ1v) is 12.5. The largest absolute Gasteiger partial charge is 0.494 e. The Morgan fingerprint density at radius 2 is 1.80 bits per heavy atom. The zero-order valence-electron chi connectivity index (χ0n) is 19.5. The van der Waals surface area contributed by atoms with Crippen LogP contribution >= 0.6 is 11.8 Å². The number of hydrogen-bond donors (Lipinski definition) is 1. The van der Waals surface area contributed by atoms with Crippen molar-refractivity contribution in [3.05, 3.63) is 84.7 Å². The van der Waals surface area contributed by atoms with Gasteiger partial charge < -0.3 is 10.1 Å². The summed E-state index contributed by atoms with van der Waals surface area (Å²) in [6.45, 7) is 2.85. The van der Waals surface area contributed by atoms with Crippen LogP contribution < -0.4 is 10.1 Å². The minimum Gasteiger partial charge on any atom is -0.494 e. The molecular formula is C27H27FN4O2S. The Morgan fingerprint density at radius 3 is 2.54 bits per heavy atom. The summed E-state index contributed by atoms with van der Waals surface area (Å²) in [6.07, 6.45) is 3.33. The molecule has 0 bridgehead atoms. The molecule has 0 unspecified atom stereocenters. The molecule has 0 atom stereocenters. The van der Waals surface area contributed by atoms with Crippen LogP contribution in [0.2, 0.25) is 0 Å². The summed E-state index contributed by atoms with van der Waals surface area (Å²) in [4.78, 5) is 12.6. The molecular weight excluding hydrogens is 463 g/mol. The zero-order valence-corrected chi connectivity index (χ0v) is 20.3. The number of aromatic nitrogens is 3. The van der Waals surface area contributed by atoms with Gasteiger partial charge in [-0.25, -0.2) is 4.39 Å². The van der Waals surface area contributed by atoms with Crippen molar-refractivity contribution in [2.75, 3.05) is 17.7 Å². The normalized spacial score (nSPS) is 10.8. The van der Waals surface area contributed by atoms with E-state index >= 15 is 0 Å². The predicted octanol–water partition coefficient (Wildman–Crippen LogP) is 6.37. The summed E-state index contributed by atoms with van der Waals surface area (Å²) in [5.41, 5.74) is 2.13. The van der Waals surface area contributed by atoms with Crippen molar-refractivity contribution in [3.8, 4) is 22.8 Å². The smallest absolute Gasteiger partial charge is 0.234 e. The van der Waals surface area contributed by atoms with E-state index in [2.05, 4.69) is 22.4 Å². The summed E-state index contributed by atoms with van der Waals surface area (Å²) in [6, 6.07) is 23.1. The van der Waals surface area contributed by atoms with Gasteiger partial charge in [0.05, 0.1) is 12.4 Å². The van der Waals surface area contributed by atoms with Gasteiger partial charge in [-0.2, -0.15) is 0 Å². The van der Waals surface area contributed by atoms with Crippen LogP contribution in [0.3, 0.4) is 0 Å². The van der Waals surface area contributed by atoms with E-state index in [-0.39, 0.29) is 17.5 Å². The number of amides is 1. The lowest BCUT2D eigenvalue weighted by Crippen LogP contribution is -2.14. The maximum atomic E-state index is 13.8. The molecule has 0 saturated carbocycles. The summed E-state index contributed by atoms with van der Waals surface area (Å²) in [7, 11) is 0. The average Bonchev–Trinajstić information content (AvgIpc) is 3.31. The van der Waals surface area contributed by atoms with E-state index in [1.807, 2.05) is 59.2 Å². The first kappa shape index (κ1) is 24.5. The molecule has 0 aliphatic heterocycles. The highest BCUT2D eigenvalue weighted by atomic mass is 32.2. The molecule has 0 fully saturated rings. The number of nitrogens with one attached hydrogen (secondary N) is 1. The van der Waals surface area contributed by atoms with Gasteiger partial charge in [-0.05, 0) is 55.0 Å². The van der Waals surface area contributed by atoms with Crippen LogP contribution in [0.5, 0.6) is 5.75 Å². The summed E-state index contributed by atoms with van der Waals surface area (Å²) < 4.78 is 21.4. The van der Waals surface area contributed by atoms with Crippen LogP contribution in [0.25, 0.3) is 17.1 Å². The SMILES string of the molecule is CCCCCOc1ccc(NC(=O)CSc2nnc(-c3cccc(F)c3)n2-c2ccccc2)cc1. The highest BCUT2D eigenvalue weighted by molar-refractivity contribution is 7.99. The van der Waals surface area contributed by atoms with Crippen LogP contribution in [-0.4, -0.2) is 33.0 Å². The Bertz CT molecular complexity index is 1250. The van der Waals surface area contributed by atoms with Gasteiger partial charge in [-0.15, -0.1) is 10.2 Å². The maximum absolute atomic E-state index is 13.8. The molecule has 1 amide bonds. The Morgan fingerprint density at radius 1 is 1.00 bits per heavy atom. The van der Waals surface area contributed by atoms with Crippen molar-refractivity contribution in [1.29, 1.82) is 0 Å². The second-order valence-electron chi connectivity index (χ2n) is 7.90. The second-order valence-corrected chi connectivity index (χ2v) is 8.85. The van der Waals surface area contributed by atoms with Crippen LogP contribution in [0.1, 0.15) is 26.2 Å². The number of unbranched alkanes of at least 4 members (excludes halogenated alkanes) is 2. The van der Waals surface area contributed by atoms with E-state index in [9.17, 15) is 9.18 Å². The Kier molecular flexibility index (Phi) is 8.51. The summed E-state index contributed by atoms with van der Waals surface area (Å²) in [5.74, 6) is 0.920. The number of nitrogens with zero attached hydrogens (tertiary/aromatic N) is 3. The van der Waals surface area contributed by atoms with E-state index in [0.717, 1.165) is 30.7 Å². The van der Waals surface area contributed by atoms with Gasteiger partial charge in [-0.1, -0.05) is 61.9 Å². The number of benzene rings is 3. The monoisotopic (exact) mass is 490 g/mol. The molecule has 1 heterocycles. The quantitative estimate of drug-likeness (QED) is 0.195. The highest BCUT2D eigenvalue weighted by Crippen LogP contribution is 2.28. The number of carbonyl (C=O) groups is 1. The van der Waals surface area contributed by atoms with Crippen molar-refractivity contribution in [1.82, 2.24) is 14.8 Å². The molecule has 0 aliphatic carbocycles. The molecule has 3 aromatic carbocycles.